The van der Waals surface area contributed by atoms with Gasteiger partial charge in [-0.3, -0.25) is 43.3 Å². The van der Waals surface area contributed by atoms with E-state index in [1.165, 1.54) is 16.7 Å². The van der Waals surface area contributed by atoms with Crippen LogP contribution in [0.4, 0.5) is 8.78 Å². The zero-order valence-corrected chi connectivity index (χ0v) is 49.1. The van der Waals surface area contributed by atoms with Crippen molar-refractivity contribution in [3.8, 4) is 11.1 Å². The molecule has 9 N–H and O–H groups in total. The molecular formula is C58H82AlF2N9O11. The van der Waals surface area contributed by atoms with Crippen molar-refractivity contribution in [3.05, 3.63) is 83.7 Å². The average molecular weight is 1150 g/mol. The maximum Gasteiger partial charge on any atom is 0.326 e. The van der Waals surface area contributed by atoms with E-state index < -0.39 is 95.3 Å². The van der Waals surface area contributed by atoms with Crippen LogP contribution in [0.5, 0.6) is 0 Å². The quantitative estimate of drug-likeness (QED) is 0.0245. The molecule has 1 aliphatic heterocycles. The number of aromatic nitrogens is 1. The van der Waals surface area contributed by atoms with Crippen molar-refractivity contribution in [1.82, 2.24) is 41.0 Å². The summed E-state index contributed by atoms with van der Waals surface area (Å²) in [5, 5.41) is 32.8. The number of nitrogens with zero attached hydrogens (tertiary/aromatic N) is 3. The number of likely N-dealkylation sites (tertiary alicyclic amines) is 1. The Hall–Kier alpha value is -6.54. The van der Waals surface area contributed by atoms with E-state index in [0.29, 0.717) is 37.1 Å². The topological polar surface area (TPSA) is 292 Å². The van der Waals surface area contributed by atoms with Crippen LogP contribution in [-0.4, -0.2) is 151 Å². The lowest BCUT2D eigenvalue weighted by Crippen LogP contribution is -2.56. The number of imide groups is 1. The fourth-order valence-corrected chi connectivity index (χ4v) is 10.2. The van der Waals surface area contributed by atoms with E-state index in [1.807, 2.05) is 69.5 Å². The molecule has 4 rings (SSSR count). The molecular weight excluding hydrogens is 1060 g/mol. The Bertz CT molecular complexity index is 2680. The lowest BCUT2D eigenvalue weighted by Gasteiger charge is -2.41. The summed E-state index contributed by atoms with van der Waals surface area (Å²) < 4.78 is 31.1. The number of unbranched alkanes of at least 4 members (excludes halogenated alkanes) is 2. The highest BCUT2D eigenvalue weighted by Crippen LogP contribution is 2.45. The number of aliphatic hydroxyl groups excluding tert-OH is 1. The molecule has 81 heavy (non-hydrogen) atoms. The number of carbonyl (C=O) groups is 9. The minimum absolute atomic E-state index is 0.0192. The summed E-state index contributed by atoms with van der Waals surface area (Å²) in [6.07, 6.45) is 4.24. The van der Waals surface area contributed by atoms with Crippen molar-refractivity contribution in [1.29, 1.82) is 0 Å². The summed E-state index contributed by atoms with van der Waals surface area (Å²) in [4.78, 5) is 119. The summed E-state index contributed by atoms with van der Waals surface area (Å²) in [6.45, 7) is 13.9. The van der Waals surface area contributed by atoms with Gasteiger partial charge < -0.3 is 52.0 Å². The Morgan fingerprint density at radius 3 is 2.11 bits per heavy atom. The highest BCUT2D eigenvalue weighted by atomic mass is 27.0. The Kier molecular flexibility index (Phi) is 25.7. The van der Waals surface area contributed by atoms with Crippen LogP contribution < -0.4 is 32.3 Å². The van der Waals surface area contributed by atoms with Crippen LogP contribution in [0.25, 0.3) is 11.1 Å². The second kappa shape index (κ2) is 31.0. The van der Waals surface area contributed by atoms with Gasteiger partial charge in [-0.15, -0.1) is 0 Å². The minimum atomic E-state index is -1.52. The molecule has 1 fully saturated rings. The largest absolute Gasteiger partial charge is 0.480 e. The lowest BCUT2D eigenvalue weighted by atomic mass is 9.82. The van der Waals surface area contributed by atoms with E-state index in [2.05, 4.69) is 42.9 Å². The van der Waals surface area contributed by atoms with Gasteiger partial charge in [0, 0.05) is 80.9 Å². The van der Waals surface area contributed by atoms with Crippen molar-refractivity contribution in [3.63, 3.8) is 0 Å². The van der Waals surface area contributed by atoms with Crippen LogP contribution in [0.3, 0.4) is 0 Å². The highest BCUT2D eigenvalue weighted by Gasteiger charge is 2.46. The van der Waals surface area contributed by atoms with Crippen LogP contribution >= 0.6 is 0 Å². The third-order valence-corrected chi connectivity index (χ3v) is 16.0. The van der Waals surface area contributed by atoms with E-state index in [0.717, 1.165) is 36.6 Å². The van der Waals surface area contributed by atoms with Gasteiger partial charge in [-0.25, -0.2) is 13.6 Å². The third kappa shape index (κ3) is 19.3. The number of benzene rings is 2. The Balaban J connectivity index is 1.23. The fraction of sp³-hybridized carbons (Fsp3) is 0.569. The number of carbonyl (C=O) groups excluding carboxylic acids is 8. The molecule has 0 bridgehead atoms. The summed E-state index contributed by atoms with van der Waals surface area (Å²) in [7, 11) is 0. The number of aliphatic carboxylic acids is 1. The zero-order chi connectivity index (χ0) is 60.4. The summed E-state index contributed by atoms with van der Waals surface area (Å²) >= 11 is 2.77. The van der Waals surface area contributed by atoms with Gasteiger partial charge in [0.1, 0.15) is 52.7 Å². The molecule has 1 saturated heterocycles. The van der Waals surface area contributed by atoms with Gasteiger partial charge in [-0.1, -0.05) is 102 Å². The smallest absolute Gasteiger partial charge is 0.326 e. The van der Waals surface area contributed by atoms with Crippen molar-refractivity contribution >= 4 is 69.5 Å². The van der Waals surface area contributed by atoms with Crippen molar-refractivity contribution in [2.75, 3.05) is 32.8 Å². The number of carboxylic acids is 1. The molecule has 1 unspecified atom stereocenters. The third-order valence-electron chi connectivity index (χ3n) is 14.8. The molecule has 0 spiro atoms. The van der Waals surface area contributed by atoms with Crippen LogP contribution in [0.2, 0.25) is 4.28 Å². The number of halogens is 2. The van der Waals surface area contributed by atoms with Crippen LogP contribution in [0, 0.1) is 28.9 Å². The predicted molar refractivity (Wildman–Crippen MR) is 300 cm³/mol. The molecule has 1 aliphatic rings. The minimum Gasteiger partial charge on any atom is -0.480 e. The first-order chi connectivity index (χ1) is 38.1. The van der Waals surface area contributed by atoms with E-state index in [-0.39, 0.29) is 91.8 Å². The maximum atomic E-state index is 15.2. The van der Waals surface area contributed by atoms with Gasteiger partial charge in [0.15, 0.2) is 0 Å². The Morgan fingerprint density at radius 2 is 1.49 bits per heavy atom. The van der Waals surface area contributed by atoms with Gasteiger partial charge in [0.25, 0.3) is 0 Å². The number of nitrogens with one attached hydrogen (secondary N) is 5. The van der Waals surface area contributed by atoms with E-state index in [4.69, 9.17) is 5.73 Å². The highest BCUT2D eigenvalue weighted by molar-refractivity contribution is 6.19. The van der Waals surface area contributed by atoms with Gasteiger partial charge in [0.2, 0.25) is 47.3 Å². The summed E-state index contributed by atoms with van der Waals surface area (Å²) in [6, 6.07) is 8.54. The summed E-state index contributed by atoms with van der Waals surface area (Å²) in [5.74, 6) is -7.61. The average Bonchev–Trinajstić information content (AvgIpc) is 4.08. The molecule has 0 saturated carbocycles. The molecule has 2 aromatic carbocycles. The standard InChI is InChI=1S/C58H82F2N9O11.Al/c1-9-38(10-2)42-31-49(73)69(56(42)78)27-16-12-15-19-48(72)66-51(35(3)4)55(77)64-36(5)53(75)65-45(57(79)80)22-23-47(71)62-25-26-63-54(76)44(61)24-28-68(50(74)34-70)52(58(6,7)8)46-29-39(41-30-40(59)20-21-43(41)60)33-67(46)32-37-17-13-11-14-18-37;/h11,13-14,17-18,20-21,29-30,33,35-36,42,44-45,51-52,70H,9-10,12,15-16,19,22-28,31-32,34,61H2,1-8H3,(H,62,71)(H,63,76)(H,64,77)(H,65,75)(H,66,72)(H,79,80);/t36-,42?,44-,45-,51-,52-;/m0./s1. The first kappa shape index (κ1) is 67.0. The lowest BCUT2D eigenvalue weighted by molar-refractivity contribution is -0.143. The van der Waals surface area contributed by atoms with Gasteiger partial charge in [0.05, 0.1) is 12.1 Å². The molecule has 3 aromatic rings. The number of amides is 8. The number of hydrogen-bond donors (Lipinski definition) is 8. The van der Waals surface area contributed by atoms with Crippen molar-refractivity contribution < 1.29 is 62.1 Å². The molecule has 0 aliphatic carbocycles. The second-order valence-electron chi connectivity index (χ2n) is 22.3. The predicted octanol–water partition coefficient (Wildman–Crippen LogP) is 4.42. The van der Waals surface area contributed by atoms with Gasteiger partial charge in [-0.2, -0.15) is 0 Å². The molecule has 2 radical (unpaired) electrons. The first-order valence-electron chi connectivity index (χ1n) is 27.8. The maximum absolute atomic E-state index is 15.2. The monoisotopic (exact) mass is 1150 g/mol. The molecule has 442 valence electrons. The number of aliphatic hydroxyl groups is 1. The number of carboxylic acid groups (broad SMARTS) is 1. The molecule has 8 amide bonds. The van der Waals surface area contributed by atoms with E-state index in [1.54, 1.807) is 26.1 Å². The summed E-state index contributed by atoms with van der Waals surface area (Å²) in [5.41, 5.74) is 7.44. The van der Waals surface area contributed by atoms with Crippen molar-refractivity contribution in [2.45, 2.75) is 161 Å². The van der Waals surface area contributed by atoms with E-state index >= 15 is 4.39 Å². The molecule has 20 nitrogen and oxygen atoms in total. The Labute approximate surface area is 481 Å². The van der Waals surface area contributed by atoms with E-state index in [9.17, 15) is 57.8 Å². The first-order valence-corrected chi connectivity index (χ1v) is 28.4. The molecule has 6 atom stereocenters. The second-order valence-corrected chi connectivity index (χ2v) is 23.4. The zero-order valence-electron chi connectivity index (χ0n) is 47.9. The Morgan fingerprint density at radius 1 is 0.827 bits per heavy atom. The molecule has 1 aromatic heterocycles. The SMILES string of the molecule is CC[C]([Al])(CC)C1CC(=O)N(CCCCCC(=O)N[C@H](C(=O)N[C@@H](C)C(=O)N[C@@H](CCC(=O)NCCNC(=O)[C@@H](N)CCN(C(=O)CO)[C@@H](c2cc(-c3cc(F)ccc3F)cn2Cc2ccccc2)C(C)(C)C)C(=O)O)C(C)C)C1=O. The van der Waals surface area contributed by atoms with Gasteiger partial charge in [-0.05, 0) is 73.8 Å². The fourth-order valence-electron chi connectivity index (χ4n) is 9.94. The van der Waals surface area contributed by atoms with Crippen LogP contribution in [-0.2, 0) is 49.7 Å². The number of rotatable bonds is 32. The van der Waals surface area contributed by atoms with Gasteiger partial charge >= 0.3 is 5.97 Å². The van der Waals surface area contributed by atoms with Crippen molar-refractivity contribution in [2.24, 2.45) is 23.0 Å². The van der Waals surface area contributed by atoms with Crippen LogP contribution in [0.15, 0.2) is 60.8 Å². The molecule has 2 heterocycles. The normalized spacial score (nSPS) is 15.6. The number of nitrogens with two attached hydrogens (primary N) is 1. The molecule has 23 heteroatoms. The van der Waals surface area contributed by atoms with Crippen LogP contribution in [0.1, 0.15) is 137 Å². The number of hydrogen-bond acceptors (Lipinski definition) is 11.